The third-order valence-electron chi connectivity index (χ3n) is 5.46. The van der Waals surface area contributed by atoms with Gasteiger partial charge >= 0.3 is 0 Å². The normalized spacial score (nSPS) is 19.9. The lowest BCUT2D eigenvalue weighted by atomic mass is 9.95. The molecule has 2 aliphatic rings. The van der Waals surface area contributed by atoms with E-state index in [2.05, 4.69) is 10.3 Å². The van der Waals surface area contributed by atoms with Gasteiger partial charge in [-0.25, -0.2) is 8.78 Å². The topological polar surface area (TPSA) is 62.0 Å². The van der Waals surface area contributed by atoms with Crippen LogP contribution in [0.4, 0.5) is 8.78 Å². The number of amides is 1. The van der Waals surface area contributed by atoms with E-state index in [0.717, 1.165) is 29.5 Å². The molecule has 1 aliphatic carbocycles. The second kappa shape index (κ2) is 7.34. The summed E-state index contributed by atoms with van der Waals surface area (Å²) in [5.74, 6) is 0.328. The van der Waals surface area contributed by atoms with Gasteiger partial charge < -0.3 is 10.3 Å². The van der Waals surface area contributed by atoms with Crippen molar-refractivity contribution in [1.82, 2.24) is 10.3 Å². The number of hydrogen-bond acceptors (Lipinski definition) is 2. The summed E-state index contributed by atoms with van der Waals surface area (Å²) < 4.78 is 26.2. The highest BCUT2D eigenvalue weighted by atomic mass is 19.3. The Morgan fingerprint density at radius 2 is 1.93 bits per heavy atom. The Bertz CT molecular complexity index is 1010. The van der Waals surface area contributed by atoms with E-state index in [1.54, 1.807) is 19.1 Å². The quantitative estimate of drug-likeness (QED) is 0.811. The molecule has 1 aromatic heterocycles. The number of carbonyl (C=O) groups excluding carboxylic acids is 1. The summed E-state index contributed by atoms with van der Waals surface area (Å²) in [6.07, 6.45) is 2.56. The van der Waals surface area contributed by atoms with Gasteiger partial charge in [0.15, 0.2) is 0 Å². The average molecular weight is 384 g/mol. The van der Waals surface area contributed by atoms with E-state index in [-0.39, 0.29) is 23.1 Å². The summed E-state index contributed by atoms with van der Waals surface area (Å²) in [5, 5.41) is 2.89. The number of alkyl halides is 2. The molecule has 0 radical (unpaired) electrons. The number of hydrogen-bond donors (Lipinski definition) is 2. The second-order valence-electron chi connectivity index (χ2n) is 7.60. The minimum atomic E-state index is -2.53. The monoisotopic (exact) mass is 384 g/mol. The Morgan fingerprint density at radius 1 is 1.14 bits per heavy atom. The van der Waals surface area contributed by atoms with Crippen LogP contribution in [0.25, 0.3) is 5.57 Å². The first-order chi connectivity index (χ1) is 13.4. The Kier molecular flexibility index (Phi) is 4.87. The molecule has 2 heterocycles. The zero-order chi connectivity index (χ0) is 19.8. The van der Waals surface area contributed by atoms with Crippen molar-refractivity contribution in [1.29, 1.82) is 0 Å². The van der Waals surface area contributed by atoms with Crippen molar-refractivity contribution in [2.75, 3.05) is 0 Å². The van der Waals surface area contributed by atoms with Gasteiger partial charge in [0.25, 0.3) is 12.0 Å². The molecule has 0 bridgehead atoms. The molecule has 4 nitrogen and oxygen atoms in total. The molecule has 1 aromatic carbocycles. The Hall–Kier alpha value is -2.76. The minimum Gasteiger partial charge on any atom is -0.350 e. The van der Waals surface area contributed by atoms with Crippen LogP contribution in [0.1, 0.15) is 66.0 Å². The number of nitrogens with one attached hydrogen (secondary N) is 2. The molecule has 1 atom stereocenters. The van der Waals surface area contributed by atoms with E-state index < -0.39 is 6.43 Å². The van der Waals surface area contributed by atoms with E-state index in [9.17, 15) is 18.4 Å². The van der Waals surface area contributed by atoms with E-state index in [1.807, 2.05) is 18.2 Å². The van der Waals surface area contributed by atoms with E-state index in [0.29, 0.717) is 30.0 Å². The summed E-state index contributed by atoms with van der Waals surface area (Å²) >= 11 is 0. The fourth-order valence-corrected chi connectivity index (χ4v) is 3.75. The first-order valence-electron chi connectivity index (χ1n) is 9.56. The van der Waals surface area contributed by atoms with Gasteiger partial charge in [-0.3, -0.25) is 9.59 Å². The summed E-state index contributed by atoms with van der Waals surface area (Å²) in [7, 11) is 0. The summed E-state index contributed by atoms with van der Waals surface area (Å²) in [4.78, 5) is 27.0. The van der Waals surface area contributed by atoms with Crippen LogP contribution in [0.5, 0.6) is 0 Å². The van der Waals surface area contributed by atoms with Crippen molar-refractivity contribution >= 4 is 11.5 Å². The van der Waals surface area contributed by atoms with Crippen molar-refractivity contribution in [3.63, 3.8) is 0 Å². The smallest absolute Gasteiger partial charge is 0.264 e. The van der Waals surface area contributed by atoms with Crippen molar-refractivity contribution in [2.45, 2.75) is 51.0 Å². The molecule has 2 fully saturated rings. The van der Waals surface area contributed by atoms with Crippen LogP contribution in [-0.4, -0.2) is 16.9 Å². The molecule has 146 valence electrons. The maximum atomic E-state index is 13.1. The minimum absolute atomic E-state index is 0.00477. The average Bonchev–Trinajstić information content (AvgIpc) is 3.40. The number of halogens is 2. The van der Waals surface area contributed by atoms with E-state index >= 15 is 0 Å². The van der Waals surface area contributed by atoms with Gasteiger partial charge in [0.1, 0.15) is 0 Å². The largest absolute Gasteiger partial charge is 0.350 e. The van der Waals surface area contributed by atoms with Crippen LogP contribution < -0.4 is 10.9 Å². The molecule has 2 aromatic rings. The second-order valence-corrected chi connectivity index (χ2v) is 7.60. The van der Waals surface area contributed by atoms with Gasteiger partial charge in [0.2, 0.25) is 5.91 Å². The van der Waals surface area contributed by atoms with Crippen LogP contribution in [-0.2, 0) is 4.79 Å². The number of H-pyrrole nitrogens is 1. The molecule has 1 amide bonds. The van der Waals surface area contributed by atoms with Crippen LogP contribution >= 0.6 is 0 Å². The van der Waals surface area contributed by atoms with E-state index in [4.69, 9.17) is 0 Å². The van der Waals surface area contributed by atoms with Crippen LogP contribution in [0.2, 0.25) is 0 Å². The molecule has 28 heavy (non-hydrogen) atoms. The fraction of sp³-hybridized carbons (Fsp3) is 0.364. The highest BCUT2D eigenvalue weighted by molar-refractivity contribution is 5.82. The zero-order valence-electron chi connectivity index (χ0n) is 15.6. The number of aryl methyl sites for hydroxylation is 1. The molecule has 2 N–H and O–H groups in total. The van der Waals surface area contributed by atoms with Gasteiger partial charge in [0.05, 0.1) is 0 Å². The van der Waals surface area contributed by atoms with Gasteiger partial charge in [0, 0.05) is 34.9 Å². The summed E-state index contributed by atoms with van der Waals surface area (Å²) in [6.45, 7) is 1.65. The van der Waals surface area contributed by atoms with Crippen LogP contribution in [0.3, 0.4) is 0 Å². The maximum Gasteiger partial charge on any atom is 0.264 e. The van der Waals surface area contributed by atoms with E-state index in [1.165, 1.54) is 6.07 Å². The fourth-order valence-electron chi connectivity index (χ4n) is 3.75. The summed E-state index contributed by atoms with van der Waals surface area (Å²) in [5.41, 5.74) is 3.26. The van der Waals surface area contributed by atoms with Crippen LogP contribution in [0, 0.1) is 6.92 Å². The van der Waals surface area contributed by atoms with Crippen molar-refractivity contribution in [2.24, 2.45) is 0 Å². The highest BCUT2D eigenvalue weighted by Crippen LogP contribution is 2.38. The van der Waals surface area contributed by atoms with Gasteiger partial charge in [-0.2, -0.15) is 0 Å². The lowest BCUT2D eigenvalue weighted by Gasteiger charge is -2.15. The predicted octanol–water partition coefficient (Wildman–Crippen LogP) is 4.21. The molecule has 1 saturated heterocycles. The SMILES string of the molecule is Cc1cc(/C(=C/[C@H]2CCC(=O)N2)c2ccc(C3CC3)c(=O)[nH]2)ccc1C(F)F. The molecular weight excluding hydrogens is 362 g/mol. The molecule has 6 heteroatoms. The van der Waals surface area contributed by atoms with Gasteiger partial charge in [-0.1, -0.05) is 30.3 Å². The van der Waals surface area contributed by atoms with Crippen LogP contribution in [0.15, 0.2) is 41.2 Å². The molecular formula is C22H22F2N2O2. The Balaban J connectivity index is 1.77. The standard InChI is InChI=1S/C22H22F2N2O2/c1-12-10-14(4-6-16(12)21(23)24)18(11-15-5-9-20(27)25-15)19-8-7-17(13-2-3-13)22(28)26-19/h4,6-8,10-11,13,15,21H,2-3,5,9H2,1H3,(H,25,27)(H,26,28)/b18-11-/t15-/m1/s1. The predicted molar refractivity (Wildman–Crippen MR) is 103 cm³/mol. The molecule has 0 spiro atoms. The number of benzene rings is 1. The molecule has 1 aliphatic heterocycles. The number of aromatic nitrogens is 1. The lowest BCUT2D eigenvalue weighted by molar-refractivity contribution is -0.119. The maximum absolute atomic E-state index is 13.1. The van der Waals surface area contributed by atoms with Crippen molar-refractivity contribution in [3.8, 4) is 0 Å². The first-order valence-corrected chi connectivity index (χ1v) is 9.56. The number of aromatic amines is 1. The Labute approximate surface area is 161 Å². The number of carbonyl (C=O) groups is 1. The van der Waals surface area contributed by atoms with Gasteiger partial charge in [-0.05, 0) is 49.3 Å². The van der Waals surface area contributed by atoms with Crippen molar-refractivity contribution < 1.29 is 13.6 Å². The third-order valence-corrected chi connectivity index (χ3v) is 5.46. The molecule has 1 saturated carbocycles. The summed E-state index contributed by atoms with van der Waals surface area (Å²) in [6, 6.07) is 8.35. The molecule has 4 rings (SSSR count). The molecule has 0 unspecified atom stereocenters. The number of rotatable bonds is 5. The third kappa shape index (κ3) is 3.77. The lowest BCUT2D eigenvalue weighted by Crippen LogP contribution is -2.23. The first kappa shape index (κ1) is 18.6. The number of pyridine rings is 1. The highest BCUT2D eigenvalue weighted by Gasteiger charge is 2.27. The Morgan fingerprint density at radius 3 is 2.50 bits per heavy atom. The van der Waals surface area contributed by atoms with Gasteiger partial charge in [-0.15, -0.1) is 0 Å². The van der Waals surface area contributed by atoms with Crippen molar-refractivity contribution in [3.05, 3.63) is 74.7 Å². The zero-order valence-corrected chi connectivity index (χ0v) is 15.6.